The first-order valence-electron chi connectivity index (χ1n) is 6.67. The summed E-state index contributed by atoms with van der Waals surface area (Å²) in [5.41, 5.74) is 0. The van der Waals surface area contributed by atoms with Gasteiger partial charge in [0.05, 0.1) is 13.7 Å². The van der Waals surface area contributed by atoms with Crippen LogP contribution >= 0.6 is 11.3 Å². The predicted octanol–water partition coefficient (Wildman–Crippen LogP) is 3.83. The van der Waals surface area contributed by atoms with Crippen molar-refractivity contribution in [2.45, 2.75) is 12.5 Å². The first-order chi connectivity index (χ1) is 9.70. The molecule has 0 spiro atoms. The van der Waals surface area contributed by atoms with E-state index in [1.54, 1.807) is 18.4 Å². The Kier molecular flexibility index (Phi) is 5.44. The molecule has 1 atom stereocenters. The fourth-order valence-corrected chi connectivity index (χ4v) is 3.05. The first-order valence-corrected chi connectivity index (χ1v) is 7.55. The monoisotopic (exact) mass is 291 g/mol. The van der Waals surface area contributed by atoms with E-state index >= 15 is 0 Å². The second kappa shape index (κ2) is 7.31. The highest BCUT2D eigenvalue weighted by Gasteiger charge is 2.14. The molecule has 0 radical (unpaired) electrons. The Labute approximate surface area is 124 Å². The van der Waals surface area contributed by atoms with Gasteiger partial charge in [0.1, 0.15) is 11.5 Å². The normalized spacial score (nSPS) is 12.4. The molecule has 0 amide bonds. The number of ether oxygens (including phenoxy) is 2. The molecule has 108 valence electrons. The van der Waals surface area contributed by atoms with Crippen LogP contribution in [0.5, 0.6) is 11.5 Å². The Morgan fingerprint density at radius 3 is 2.35 bits per heavy atom. The number of hydrogen-bond acceptors (Lipinski definition) is 4. The molecule has 3 nitrogen and oxygen atoms in total. The molecule has 1 unspecified atom stereocenters. The standard InChI is InChI=1S/C16H21NO2S/c1-17(2)15(16-5-4-12-20-16)10-11-19-14-8-6-13(18-3)7-9-14/h4-9,12,15H,10-11H2,1-3H3. The van der Waals surface area contributed by atoms with Gasteiger partial charge in [-0.05, 0) is 49.8 Å². The summed E-state index contributed by atoms with van der Waals surface area (Å²) in [7, 11) is 5.88. The number of nitrogens with zero attached hydrogens (tertiary/aromatic N) is 1. The summed E-state index contributed by atoms with van der Waals surface area (Å²) in [6.45, 7) is 0.701. The SMILES string of the molecule is COc1ccc(OCCC(c2cccs2)N(C)C)cc1. The van der Waals surface area contributed by atoms with Crippen molar-refractivity contribution >= 4 is 11.3 Å². The van der Waals surface area contributed by atoms with E-state index in [2.05, 4.69) is 36.5 Å². The molecule has 4 heteroatoms. The van der Waals surface area contributed by atoms with E-state index in [1.807, 2.05) is 24.3 Å². The van der Waals surface area contributed by atoms with Gasteiger partial charge in [-0.3, -0.25) is 0 Å². The molecule has 2 rings (SSSR count). The van der Waals surface area contributed by atoms with Crippen LogP contribution in [-0.2, 0) is 0 Å². The zero-order valence-electron chi connectivity index (χ0n) is 12.2. The lowest BCUT2D eigenvalue weighted by Gasteiger charge is -2.23. The molecule has 1 aromatic heterocycles. The molecule has 2 aromatic rings. The number of benzene rings is 1. The summed E-state index contributed by atoms with van der Waals surface area (Å²) in [5.74, 6) is 1.73. The molecule has 20 heavy (non-hydrogen) atoms. The second-order valence-corrected chi connectivity index (χ2v) is 5.79. The van der Waals surface area contributed by atoms with Crippen molar-refractivity contribution in [1.29, 1.82) is 0 Å². The zero-order chi connectivity index (χ0) is 14.4. The molecule has 0 saturated carbocycles. The molecule has 0 aliphatic carbocycles. The summed E-state index contributed by atoms with van der Waals surface area (Å²) in [4.78, 5) is 3.62. The summed E-state index contributed by atoms with van der Waals surface area (Å²) in [6, 6.07) is 12.4. The third-order valence-corrected chi connectivity index (χ3v) is 4.19. The van der Waals surface area contributed by atoms with Crippen LogP contribution in [0.3, 0.4) is 0 Å². The van der Waals surface area contributed by atoms with Gasteiger partial charge in [0.25, 0.3) is 0 Å². The molecule has 1 heterocycles. The summed E-state index contributed by atoms with van der Waals surface area (Å²) < 4.78 is 10.9. The Morgan fingerprint density at radius 1 is 1.10 bits per heavy atom. The molecule has 0 N–H and O–H groups in total. The fourth-order valence-electron chi connectivity index (χ4n) is 2.10. The lowest BCUT2D eigenvalue weighted by molar-refractivity contribution is 0.226. The van der Waals surface area contributed by atoms with Crippen LogP contribution in [0.15, 0.2) is 41.8 Å². The van der Waals surface area contributed by atoms with Crippen molar-refractivity contribution in [3.8, 4) is 11.5 Å². The van der Waals surface area contributed by atoms with Crippen LogP contribution in [0, 0.1) is 0 Å². The highest BCUT2D eigenvalue weighted by atomic mass is 32.1. The molecule has 0 fully saturated rings. The van der Waals surface area contributed by atoms with Crippen LogP contribution in [0.4, 0.5) is 0 Å². The molecule has 1 aromatic carbocycles. The third-order valence-electron chi connectivity index (χ3n) is 3.21. The van der Waals surface area contributed by atoms with E-state index in [-0.39, 0.29) is 0 Å². The maximum absolute atomic E-state index is 5.81. The average molecular weight is 291 g/mol. The molecular formula is C16H21NO2S. The van der Waals surface area contributed by atoms with E-state index in [4.69, 9.17) is 9.47 Å². The van der Waals surface area contributed by atoms with Crippen LogP contribution in [0.1, 0.15) is 17.3 Å². The molecule has 0 bridgehead atoms. The van der Waals surface area contributed by atoms with Gasteiger partial charge in [-0.25, -0.2) is 0 Å². The van der Waals surface area contributed by atoms with Crippen molar-refractivity contribution in [2.24, 2.45) is 0 Å². The van der Waals surface area contributed by atoms with E-state index in [9.17, 15) is 0 Å². The van der Waals surface area contributed by atoms with E-state index in [0.717, 1.165) is 17.9 Å². The van der Waals surface area contributed by atoms with Crippen LogP contribution < -0.4 is 9.47 Å². The van der Waals surface area contributed by atoms with Crippen molar-refractivity contribution in [3.05, 3.63) is 46.7 Å². The number of methoxy groups -OCH3 is 1. The Hall–Kier alpha value is -1.52. The first kappa shape index (κ1) is 14.9. The lowest BCUT2D eigenvalue weighted by Crippen LogP contribution is -2.21. The van der Waals surface area contributed by atoms with Gasteiger partial charge in [-0.1, -0.05) is 6.07 Å². The maximum atomic E-state index is 5.81. The topological polar surface area (TPSA) is 21.7 Å². The van der Waals surface area contributed by atoms with Crippen molar-refractivity contribution in [3.63, 3.8) is 0 Å². The molecule has 0 aliphatic heterocycles. The minimum atomic E-state index is 0.410. The van der Waals surface area contributed by atoms with Gasteiger partial charge < -0.3 is 14.4 Å². The van der Waals surface area contributed by atoms with Crippen molar-refractivity contribution in [2.75, 3.05) is 27.8 Å². The second-order valence-electron chi connectivity index (χ2n) is 4.81. The smallest absolute Gasteiger partial charge is 0.119 e. The summed E-state index contributed by atoms with van der Waals surface area (Å²) in [6.07, 6.45) is 0.972. The highest BCUT2D eigenvalue weighted by molar-refractivity contribution is 7.10. The Bertz CT molecular complexity index is 494. The third kappa shape index (κ3) is 3.99. The number of rotatable bonds is 7. The van der Waals surface area contributed by atoms with Crippen LogP contribution in [0.25, 0.3) is 0 Å². The number of thiophene rings is 1. The largest absolute Gasteiger partial charge is 0.497 e. The lowest BCUT2D eigenvalue weighted by atomic mass is 10.1. The highest BCUT2D eigenvalue weighted by Crippen LogP contribution is 2.26. The van der Waals surface area contributed by atoms with Gasteiger partial charge >= 0.3 is 0 Å². The summed E-state index contributed by atoms with van der Waals surface area (Å²) >= 11 is 1.80. The fraction of sp³-hybridized carbons (Fsp3) is 0.375. The minimum absolute atomic E-state index is 0.410. The minimum Gasteiger partial charge on any atom is -0.497 e. The molecular weight excluding hydrogens is 270 g/mol. The van der Waals surface area contributed by atoms with Gasteiger partial charge in [-0.15, -0.1) is 11.3 Å². The van der Waals surface area contributed by atoms with Gasteiger partial charge in [0, 0.05) is 17.3 Å². The van der Waals surface area contributed by atoms with Crippen LogP contribution in [0.2, 0.25) is 0 Å². The maximum Gasteiger partial charge on any atom is 0.119 e. The van der Waals surface area contributed by atoms with Gasteiger partial charge in [0.15, 0.2) is 0 Å². The van der Waals surface area contributed by atoms with E-state index in [0.29, 0.717) is 12.6 Å². The number of hydrogen-bond donors (Lipinski definition) is 0. The molecule has 0 aliphatic rings. The van der Waals surface area contributed by atoms with Crippen molar-refractivity contribution < 1.29 is 9.47 Å². The van der Waals surface area contributed by atoms with E-state index < -0.39 is 0 Å². The van der Waals surface area contributed by atoms with Gasteiger partial charge in [0.2, 0.25) is 0 Å². The van der Waals surface area contributed by atoms with Gasteiger partial charge in [-0.2, -0.15) is 0 Å². The Morgan fingerprint density at radius 2 is 1.80 bits per heavy atom. The summed E-state index contributed by atoms with van der Waals surface area (Å²) in [5, 5.41) is 2.12. The van der Waals surface area contributed by atoms with E-state index in [1.165, 1.54) is 4.88 Å². The average Bonchev–Trinajstić information content (AvgIpc) is 2.97. The zero-order valence-corrected chi connectivity index (χ0v) is 13.0. The Balaban J connectivity index is 1.87. The molecule has 0 saturated heterocycles. The van der Waals surface area contributed by atoms with Crippen LogP contribution in [-0.4, -0.2) is 32.7 Å². The predicted molar refractivity (Wildman–Crippen MR) is 83.9 cm³/mol. The quantitative estimate of drug-likeness (QED) is 0.774. The van der Waals surface area contributed by atoms with Crippen molar-refractivity contribution in [1.82, 2.24) is 4.90 Å².